The van der Waals surface area contributed by atoms with Crippen molar-refractivity contribution in [2.45, 2.75) is 6.92 Å². The van der Waals surface area contributed by atoms with Gasteiger partial charge in [0.1, 0.15) is 23.1 Å². The van der Waals surface area contributed by atoms with Crippen molar-refractivity contribution >= 4 is 28.9 Å². The molecule has 8 heteroatoms. The lowest BCUT2D eigenvalue weighted by Gasteiger charge is -2.08. The number of carbonyl (C=O) groups is 2. The predicted octanol–water partition coefficient (Wildman–Crippen LogP) is 3.95. The Kier molecular flexibility index (Phi) is 5.16. The van der Waals surface area contributed by atoms with Crippen LogP contribution in [0.4, 0.5) is 26.0 Å². The number of rotatable bonds is 5. The van der Waals surface area contributed by atoms with Crippen molar-refractivity contribution in [2.75, 3.05) is 10.6 Å². The van der Waals surface area contributed by atoms with Crippen molar-refractivity contribution in [3.05, 3.63) is 77.8 Å². The third-order valence-corrected chi connectivity index (χ3v) is 3.63. The highest BCUT2D eigenvalue weighted by atomic mass is 19.1. The van der Waals surface area contributed by atoms with Crippen molar-refractivity contribution in [3.8, 4) is 0 Å². The van der Waals surface area contributed by atoms with Crippen LogP contribution in [0.25, 0.3) is 0 Å². The highest BCUT2D eigenvalue weighted by Crippen LogP contribution is 2.19. The normalized spacial score (nSPS) is 10.3. The van der Waals surface area contributed by atoms with Crippen LogP contribution >= 0.6 is 0 Å². The fourth-order valence-electron chi connectivity index (χ4n) is 2.22. The molecule has 2 N–H and O–H groups in total. The molecule has 2 aromatic carbocycles. The lowest BCUT2D eigenvalue weighted by molar-refractivity contribution is 0.101. The van der Waals surface area contributed by atoms with E-state index in [1.165, 1.54) is 25.4 Å². The summed E-state index contributed by atoms with van der Waals surface area (Å²) in [7, 11) is 0. The molecular weight excluding hydrogens is 354 g/mol. The van der Waals surface area contributed by atoms with Crippen LogP contribution in [0.3, 0.4) is 0 Å². The zero-order valence-electron chi connectivity index (χ0n) is 14.2. The molecule has 0 unspecified atom stereocenters. The Labute approximate surface area is 153 Å². The molecule has 1 heterocycles. The molecule has 0 aliphatic heterocycles. The standard InChI is InChI=1S/C19H14F2N4O2/c1-11(26)12-2-5-14(6-3-12)24-19(27)17-9-23-18(10-22-17)25-16-7-4-13(20)8-15(16)21/h2-10H,1H3,(H,23,25)(H,24,27). The molecule has 136 valence electrons. The summed E-state index contributed by atoms with van der Waals surface area (Å²) < 4.78 is 26.5. The topological polar surface area (TPSA) is 84.0 Å². The first kappa shape index (κ1) is 18.1. The molecule has 3 rings (SSSR count). The number of benzene rings is 2. The number of carbonyl (C=O) groups excluding carboxylic acids is 2. The Bertz CT molecular complexity index is 990. The second-order valence-electron chi connectivity index (χ2n) is 5.62. The van der Waals surface area contributed by atoms with Crippen LogP contribution < -0.4 is 10.6 Å². The molecule has 0 aliphatic rings. The highest BCUT2D eigenvalue weighted by molar-refractivity contribution is 6.03. The number of hydrogen-bond acceptors (Lipinski definition) is 5. The first-order valence-corrected chi connectivity index (χ1v) is 7.89. The molecule has 0 bridgehead atoms. The fourth-order valence-corrected chi connectivity index (χ4v) is 2.22. The molecule has 27 heavy (non-hydrogen) atoms. The van der Waals surface area contributed by atoms with E-state index < -0.39 is 17.5 Å². The van der Waals surface area contributed by atoms with Crippen molar-refractivity contribution in [2.24, 2.45) is 0 Å². The average Bonchev–Trinajstić information content (AvgIpc) is 2.65. The maximum Gasteiger partial charge on any atom is 0.275 e. The number of aromatic nitrogens is 2. The monoisotopic (exact) mass is 368 g/mol. The molecular formula is C19H14F2N4O2. The lowest BCUT2D eigenvalue weighted by Crippen LogP contribution is -2.14. The smallest absolute Gasteiger partial charge is 0.275 e. The lowest BCUT2D eigenvalue weighted by atomic mass is 10.1. The maximum atomic E-state index is 13.6. The van der Waals surface area contributed by atoms with Gasteiger partial charge in [0.25, 0.3) is 5.91 Å². The van der Waals surface area contributed by atoms with Crippen LogP contribution in [0.5, 0.6) is 0 Å². The van der Waals surface area contributed by atoms with Crippen LogP contribution in [0.1, 0.15) is 27.8 Å². The summed E-state index contributed by atoms with van der Waals surface area (Å²) in [6.45, 7) is 1.45. The summed E-state index contributed by atoms with van der Waals surface area (Å²) in [6, 6.07) is 9.51. The van der Waals surface area contributed by atoms with Gasteiger partial charge < -0.3 is 10.6 Å². The minimum absolute atomic E-state index is 0.0356. The van der Waals surface area contributed by atoms with Crippen molar-refractivity contribution < 1.29 is 18.4 Å². The zero-order valence-corrected chi connectivity index (χ0v) is 14.2. The van der Waals surface area contributed by atoms with E-state index in [1.54, 1.807) is 24.3 Å². The second-order valence-corrected chi connectivity index (χ2v) is 5.62. The van der Waals surface area contributed by atoms with E-state index in [-0.39, 0.29) is 23.0 Å². The van der Waals surface area contributed by atoms with E-state index in [9.17, 15) is 18.4 Å². The van der Waals surface area contributed by atoms with E-state index in [0.29, 0.717) is 11.3 Å². The SMILES string of the molecule is CC(=O)c1ccc(NC(=O)c2cnc(Nc3ccc(F)cc3F)cn2)cc1. The molecule has 0 saturated carbocycles. The third kappa shape index (κ3) is 4.49. The van der Waals surface area contributed by atoms with Crippen LogP contribution in [-0.2, 0) is 0 Å². The van der Waals surface area contributed by atoms with Crippen molar-refractivity contribution in [1.82, 2.24) is 9.97 Å². The van der Waals surface area contributed by atoms with Gasteiger partial charge in [-0.2, -0.15) is 0 Å². The molecule has 0 fully saturated rings. The Morgan fingerprint density at radius 2 is 1.70 bits per heavy atom. The van der Waals surface area contributed by atoms with Gasteiger partial charge in [-0.15, -0.1) is 0 Å². The van der Waals surface area contributed by atoms with Crippen LogP contribution in [0.2, 0.25) is 0 Å². The number of halogens is 2. The van der Waals surface area contributed by atoms with Gasteiger partial charge in [-0.05, 0) is 43.3 Å². The summed E-state index contributed by atoms with van der Waals surface area (Å²) in [5.74, 6) is -1.82. The number of amides is 1. The summed E-state index contributed by atoms with van der Waals surface area (Å²) in [6.07, 6.45) is 2.49. The van der Waals surface area contributed by atoms with Crippen LogP contribution in [0.15, 0.2) is 54.9 Å². The van der Waals surface area contributed by atoms with Crippen LogP contribution in [0, 0.1) is 11.6 Å². The average molecular weight is 368 g/mol. The fraction of sp³-hybridized carbons (Fsp3) is 0.0526. The van der Waals surface area contributed by atoms with Gasteiger partial charge >= 0.3 is 0 Å². The minimum atomic E-state index is -0.771. The molecule has 0 aliphatic carbocycles. The number of Topliss-reactive ketones (excluding diaryl/α,β-unsaturated/α-hetero) is 1. The van der Waals surface area contributed by atoms with Gasteiger partial charge in [-0.1, -0.05) is 0 Å². The summed E-state index contributed by atoms with van der Waals surface area (Å²) in [5, 5.41) is 5.29. The molecule has 1 aromatic heterocycles. The first-order chi connectivity index (χ1) is 12.9. The Balaban J connectivity index is 1.67. The third-order valence-electron chi connectivity index (χ3n) is 3.63. The van der Waals surface area contributed by atoms with E-state index in [2.05, 4.69) is 20.6 Å². The van der Waals surface area contributed by atoms with Gasteiger partial charge in [0.2, 0.25) is 0 Å². The highest BCUT2D eigenvalue weighted by Gasteiger charge is 2.10. The van der Waals surface area contributed by atoms with E-state index in [4.69, 9.17) is 0 Å². The van der Waals surface area contributed by atoms with Crippen molar-refractivity contribution in [3.63, 3.8) is 0 Å². The van der Waals surface area contributed by atoms with Gasteiger partial charge in [0.15, 0.2) is 5.78 Å². The Hall–Kier alpha value is -3.68. The number of anilines is 3. The second kappa shape index (κ2) is 7.69. The van der Waals surface area contributed by atoms with Crippen molar-refractivity contribution in [1.29, 1.82) is 0 Å². The number of ketones is 1. The quantitative estimate of drug-likeness (QED) is 0.666. The molecule has 1 amide bonds. The minimum Gasteiger partial charge on any atom is -0.337 e. The van der Waals surface area contributed by atoms with E-state index in [1.807, 2.05) is 0 Å². The Morgan fingerprint density at radius 3 is 2.30 bits per heavy atom. The molecule has 3 aromatic rings. The van der Waals surface area contributed by atoms with Crippen LogP contribution in [-0.4, -0.2) is 21.7 Å². The molecule has 0 atom stereocenters. The number of hydrogen-bond donors (Lipinski definition) is 2. The maximum absolute atomic E-state index is 13.6. The van der Waals surface area contributed by atoms with Gasteiger partial charge in [-0.3, -0.25) is 9.59 Å². The molecule has 6 nitrogen and oxygen atoms in total. The van der Waals surface area contributed by atoms with Gasteiger partial charge in [0.05, 0.1) is 18.1 Å². The van der Waals surface area contributed by atoms with E-state index >= 15 is 0 Å². The zero-order chi connectivity index (χ0) is 19.4. The summed E-state index contributed by atoms with van der Waals surface area (Å²) in [4.78, 5) is 31.4. The first-order valence-electron chi connectivity index (χ1n) is 7.89. The molecule has 0 spiro atoms. The molecule has 0 saturated heterocycles. The molecule has 0 radical (unpaired) electrons. The summed E-state index contributed by atoms with van der Waals surface area (Å²) >= 11 is 0. The predicted molar refractivity (Wildman–Crippen MR) is 96.1 cm³/mol. The number of nitrogens with zero attached hydrogens (tertiary/aromatic N) is 2. The number of nitrogens with one attached hydrogen (secondary N) is 2. The van der Waals surface area contributed by atoms with E-state index in [0.717, 1.165) is 12.1 Å². The Morgan fingerprint density at radius 1 is 0.963 bits per heavy atom. The summed E-state index contributed by atoms with van der Waals surface area (Å²) in [5.41, 5.74) is 1.13. The van der Waals surface area contributed by atoms with Gasteiger partial charge in [-0.25, -0.2) is 18.7 Å². The largest absolute Gasteiger partial charge is 0.337 e. The van der Waals surface area contributed by atoms with Gasteiger partial charge in [0, 0.05) is 17.3 Å².